The van der Waals surface area contributed by atoms with E-state index in [1.807, 2.05) is 23.8 Å². The highest BCUT2D eigenvalue weighted by Gasteiger charge is 2.45. The van der Waals surface area contributed by atoms with E-state index in [4.69, 9.17) is 37.4 Å². The summed E-state index contributed by atoms with van der Waals surface area (Å²) in [5.74, 6) is -0.467. The maximum absolute atomic E-state index is 12.3. The fourth-order valence-electron chi connectivity index (χ4n) is 4.00. The molecular weight excluding hydrogens is 493 g/mol. The minimum Gasteiger partial charge on any atom is -0.491 e. The molecule has 5 rings (SSSR count). The quantitative estimate of drug-likeness (QED) is 0.353. The molecule has 2 aromatic heterocycles. The molecule has 2 aromatic carbocycles. The lowest BCUT2D eigenvalue weighted by atomic mass is 10.1. The van der Waals surface area contributed by atoms with Crippen molar-refractivity contribution in [2.75, 3.05) is 13.2 Å². The van der Waals surface area contributed by atoms with Gasteiger partial charge in [-0.2, -0.15) is 5.10 Å². The molecule has 0 N–H and O–H groups in total. The van der Waals surface area contributed by atoms with Crippen LogP contribution in [0.1, 0.15) is 12.5 Å². The summed E-state index contributed by atoms with van der Waals surface area (Å²) in [6, 6.07) is 12.5. The average molecular weight is 516 g/mol. The van der Waals surface area contributed by atoms with E-state index >= 15 is 0 Å². The summed E-state index contributed by atoms with van der Waals surface area (Å²) in [6.45, 7) is 3.33. The molecule has 0 radical (unpaired) electrons. The van der Waals surface area contributed by atoms with Gasteiger partial charge in [-0.15, -0.1) is 0 Å². The van der Waals surface area contributed by atoms with E-state index in [-0.39, 0.29) is 18.4 Å². The zero-order valence-corrected chi connectivity index (χ0v) is 20.4. The highest BCUT2D eigenvalue weighted by molar-refractivity contribution is 6.35. The molecule has 2 unspecified atom stereocenters. The molecule has 9 nitrogen and oxygen atoms in total. The van der Waals surface area contributed by atoms with Gasteiger partial charge in [-0.25, -0.2) is 19.0 Å². The Morgan fingerprint density at radius 3 is 2.69 bits per heavy atom. The molecule has 1 fully saturated rings. The van der Waals surface area contributed by atoms with Crippen molar-refractivity contribution in [1.82, 2.24) is 23.9 Å². The van der Waals surface area contributed by atoms with Crippen LogP contribution in [-0.2, 0) is 28.4 Å². The van der Waals surface area contributed by atoms with Gasteiger partial charge in [0.25, 0.3) is 0 Å². The summed E-state index contributed by atoms with van der Waals surface area (Å²) >= 11 is 12.6. The standard InChI is InChI=1S/C24H23Cl2N5O4/c1-2-31-23(32)30(16-28-31)18-4-6-19(7-5-18)33-12-20-13-34-24(35-20,14-29-10-9-27-15-29)21-8-3-17(25)11-22(21)26/h3-11,15-16,20H,2,12-14H2,1H3. The summed E-state index contributed by atoms with van der Waals surface area (Å²) < 4.78 is 23.3. The fraction of sp³-hybridized carbons (Fsp3) is 0.292. The van der Waals surface area contributed by atoms with Gasteiger partial charge in [-0.05, 0) is 43.3 Å². The third-order valence-corrected chi connectivity index (χ3v) is 6.28. The first-order valence-electron chi connectivity index (χ1n) is 11.1. The summed E-state index contributed by atoms with van der Waals surface area (Å²) in [4.78, 5) is 16.4. The Labute approximate surface area is 211 Å². The Balaban J connectivity index is 1.29. The molecular formula is C24H23Cl2N5O4. The van der Waals surface area contributed by atoms with Crippen LogP contribution in [0.3, 0.4) is 0 Å². The molecule has 0 spiro atoms. The molecule has 182 valence electrons. The van der Waals surface area contributed by atoms with Gasteiger partial charge in [0.1, 0.15) is 24.8 Å². The Bertz CT molecular complexity index is 1350. The number of rotatable bonds is 8. The molecule has 0 bridgehead atoms. The fourth-order valence-corrected chi connectivity index (χ4v) is 4.55. The summed E-state index contributed by atoms with van der Waals surface area (Å²) in [5.41, 5.74) is 1.20. The maximum atomic E-state index is 12.3. The number of aryl methyl sites for hydroxylation is 1. The molecule has 11 heteroatoms. The van der Waals surface area contributed by atoms with Gasteiger partial charge in [0.2, 0.25) is 5.79 Å². The van der Waals surface area contributed by atoms with Crippen LogP contribution in [0, 0.1) is 0 Å². The predicted molar refractivity (Wildman–Crippen MR) is 130 cm³/mol. The zero-order chi connectivity index (χ0) is 24.4. The lowest BCUT2D eigenvalue weighted by molar-refractivity contribution is -0.189. The number of imidazole rings is 1. The summed E-state index contributed by atoms with van der Waals surface area (Å²) in [5, 5.41) is 5.07. The van der Waals surface area contributed by atoms with E-state index in [1.54, 1.807) is 48.9 Å². The number of halogens is 2. The monoisotopic (exact) mass is 515 g/mol. The molecule has 1 saturated heterocycles. The second kappa shape index (κ2) is 9.87. The van der Waals surface area contributed by atoms with E-state index in [9.17, 15) is 4.79 Å². The van der Waals surface area contributed by atoms with Crippen LogP contribution in [0.4, 0.5) is 0 Å². The van der Waals surface area contributed by atoms with Gasteiger partial charge in [-0.1, -0.05) is 29.3 Å². The molecule has 1 aliphatic rings. The topological polar surface area (TPSA) is 85.3 Å². The average Bonchev–Trinajstić information content (AvgIpc) is 3.59. The first-order valence-corrected chi connectivity index (χ1v) is 11.8. The van der Waals surface area contributed by atoms with Crippen molar-refractivity contribution in [2.45, 2.75) is 31.9 Å². The molecule has 1 aliphatic heterocycles. The van der Waals surface area contributed by atoms with Crippen molar-refractivity contribution in [3.05, 3.63) is 93.6 Å². The van der Waals surface area contributed by atoms with Crippen LogP contribution in [-0.4, -0.2) is 43.2 Å². The number of aromatic nitrogens is 5. The van der Waals surface area contributed by atoms with Gasteiger partial charge in [0, 0.05) is 29.5 Å². The number of ether oxygens (including phenoxy) is 3. The lowest BCUT2D eigenvalue weighted by Crippen LogP contribution is -2.34. The van der Waals surface area contributed by atoms with Crippen molar-refractivity contribution >= 4 is 23.2 Å². The van der Waals surface area contributed by atoms with Crippen molar-refractivity contribution in [2.24, 2.45) is 0 Å². The van der Waals surface area contributed by atoms with E-state index in [1.165, 1.54) is 15.6 Å². The zero-order valence-electron chi connectivity index (χ0n) is 18.9. The third kappa shape index (κ3) is 4.85. The number of benzene rings is 2. The second-order valence-electron chi connectivity index (χ2n) is 8.07. The maximum Gasteiger partial charge on any atom is 0.350 e. The number of hydrogen-bond acceptors (Lipinski definition) is 6. The minimum atomic E-state index is -1.11. The SMILES string of the molecule is CCn1ncn(-c2ccc(OCC3COC(Cn4ccnc4)(c4ccc(Cl)cc4Cl)O3)cc2)c1=O. The molecule has 4 aromatic rings. The first kappa shape index (κ1) is 23.6. The van der Waals surface area contributed by atoms with Gasteiger partial charge in [0.15, 0.2) is 0 Å². The second-order valence-corrected chi connectivity index (χ2v) is 8.91. The molecule has 0 amide bonds. The highest BCUT2D eigenvalue weighted by atomic mass is 35.5. The lowest BCUT2D eigenvalue weighted by Gasteiger charge is -2.30. The van der Waals surface area contributed by atoms with Crippen molar-refractivity contribution < 1.29 is 14.2 Å². The summed E-state index contributed by atoms with van der Waals surface area (Å²) in [6.07, 6.45) is 6.39. The van der Waals surface area contributed by atoms with Gasteiger partial charge in [-0.3, -0.25) is 0 Å². The van der Waals surface area contributed by atoms with Crippen LogP contribution in [0.15, 0.2) is 72.3 Å². The number of nitrogens with zero attached hydrogens (tertiary/aromatic N) is 5. The first-order chi connectivity index (χ1) is 17.0. The van der Waals surface area contributed by atoms with Crippen molar-refractivity contribution in [1.29, 1.82) is 0 Å². The third-order valence-electron chi connectivity index (χ3n) is 5.73. The largest absolute Gasteiger partial charge is 0.491 e. The highest BCUT2D eigenvalue weighted by Crippen LogP contribution is 2.40. The van der Waals surface area contributed by atoms with E-state index in [0.717, 1.165) is 0 Å². The van der Waals surface area contributed by atoms with E-state index < -0.39 is 5.79 Å². The van der Waals surface area contributed by atoms with Gasteiger partial charge >= 0.3 is 5.69 Å². The Morgan fingerprint density at radius 1 is 1.17 bits per heavy atom. The number of hydrogen-bond donors (Lipinski definition) is 0. The summed E-state index contributed by atoms with van der Waals surface area (Å²) in [7, 11) is 0. The van der Waals surface area contributed by atoms with Crippen molar-refractivity contribution in [3.8, 4) is 11.4 Å². The van der Waals surface area contributed by atoms with E-state index in [0.29, 0.717) is 46.7 Å². The van der Waals surface area contributed by atoms with Crippen LogP contribution in [0.2, 0.25) is 10.0 Å². The normalized spacial score (nSPS) is 19.8. The van der Waals surface area contributed by atoms with Crippen LogP contribution in [0.25, 0.3) is 5.69 Å². The van der Waals surface area contributed by atoms with Crippen LogP contribution >= 0.6 is 23.2 Å². The Kier molecular flexibility index (Phi) is 6.66. The molecule has 0 saturated carbocycles. The van der Waals surface area contributed by atoms with Crippen LogP contribution in [0.5, 0.6) is 5.75 Å². The van der Waals surface area contributed by atoms with Crippen LogP contribution < -0.4 is 10.4 Å². The van der Waals surface area contributed by atoms with Crippen molar-refractivity contribution in [3.63, 3.8) is 0 Å². The molecule has 2 atom stereocenters. The molecule has 3 heterocycles. The molecule has 35 heavy (non-hydrogen) atoms. The molecule has 0 aliphatic carbocycles. The minimum absolute atomic E-state index is 0.187. The van der Waals surface area contributed by atoms with E-state index in [2.05, 4.69) is 10.1 Å². The smallest absolute Gasteiger partial charge is 0.350 e. The van der Waals surface area contributed by atoms with Gasteiger partial charge < -0.3 is 18.8 Å². The predicted octanol–water partition coefficient (Wildman–Crippen LogP) is 3.90. The van der Waals surface area contributed by atoms with Gasteiger partial charge in [0.05, 0.1) is 30.2 Å². The Morgan fingerprint density at radius 2 is 2.00 bits per heavy atom. The Hall–Kier alpha value is -3.11.